The summed E-state index contributed by atoms with van der Waals surface area (Å²) in [5.74, 6) is 0. The van der Waals surface area contributed by atoms with Crippen molar-refractivity contribution in [2.24, 2.45) is 5.41 Å². The van der Waals surface area contributed by atoms with E-state index < -0.39 is 0 Å². The summed E-state index contributed by atoms with van der Waals surface area (Å²) in [6.45, 7) is 4.82. The number of hydrogen-bond donors (Lipinski definition) is 3. The molecule has 0 aromatic heterocycles. The summed E-state index contributed by atoms with van der Waals surface area (Å²) in [5.41, 5.74) is 0.241. The van der Waals surface area contributed by atoms with Crippen molar-refractivity contribution in [3.8, 4) is 0 Å². The summed E-state index contributed by atoms with van der Waals surface area (Å²) in [4.78, 5) is 0. The van der Waals surface area contributed by atoms with Gasteiger partial charge in [0.25, 0.3) is 0 Å². The highest BCUT2D eigenvalue weighted by atomic mass is 16.3. The molecule has 0 spiro atoms. The lowest BCUT2D eigenvalue weighted by Gasteiger charge is -2.23. The van der Waals surface area contributed by atoms with Crippen LogP contribution in [-0.2, 0) is 0 Å². The van der Waals surface area contributed by atoms with Crippen LogP contribution in [0, 0.1) is 5.41 Å². The van der Waals surface area contributed by atoms with Crippen LogP contribution in [0.25, 0.3) is 0 Å². The highest BCUT2D eigenvalue weighted by Crippen LogP contribution is 2.44. The van der Waals surface area contributed by atoms with Crippen molar-refractivity contribution in [3.63, 3.8) is 0 Å². The molecule has 1 heterocycles. The second kappa shape index (κ2) is 6.17. The maximum atomic E-state index is 9.28. The number of rotatable bonds is 6. The van der Waals surface area contributed by atoms with E-state index in [4.69, 9.17) is 0 Å². The van der Waals surface area contributed by atoms with Gasteiger partial charge >= 0.3 is 0 Å². The molecule has 2 rings (SSSR count). The number of aliphatic hydroxyl groups is 1. The zero-order chi connectivity index (χ0) is 12.1. The average Bonchev–Trinajstić information content (AvgIpc) is 3.12. The van der Waals surface area contributed by atoms with Gasteiger partial charge in [-0.15, -0.1) is 0 Å². The highest BCUT2D eigenvalue weighted by molar-refractivity contribution is 4.95. The van der Waals surface area contributed by atoms with Crippen molar-refractivity contribution >= 4 is 0 Å². The van der Waals surface area contributed by atoms with Gasteiger partial charge in [0.1, 0.15) is 0 Å². The Morgan fingerprint density at radius 2 is 2.18 bits per heavy atom. The second-order valence-electron chi connectivity index (χ2n) is 6.18. The predicted octanol–water partition coefficient (Wildman–Crippen LogP) is 1.66. The molecule has 2 aliphatic rings. The zero-order valence-corrected chi connectivity index (χ0v) is 11.2. The Hall–Kier alpha value is -0.120. The van der Waals surface area contributed by atoms with E-state index in [1.807, 2.05) is 0 Å². The minimum absolute atomic E-state index is 0.241. The van der Waals surface area contributed by atoms with Crippen molar-refractivity contribution in [1.29, 1.82) is 0 Å². The van der Waals surface area contributed by atoms with Crippen LogP contribution in [0.2, 0.25) is 0 Å². The van der Waals surface area contributed by atoms with Crippen molar-refractivity contribution in [1.82, 2.24) is 10.6 Å². The molecule has 3 nitrogen and oxygen atoms in total. The van der Waals surface area contributed by atoms with E-state index in [2.05, 4.69) is 17.6 Å². The zero-order valence-electron chi connectivity index (χ0n) is 11.2. The lowest BCUT2D eigenvalue weighted by Crippen LogP contribution is -2.39. The lowest BCUT2D eigenvalue weighted by molar-refractivity contribution is 0.203. The van der Waals surface area contributed by atoms with E-state index >= 15 is 0 Å². The van der Waals surface area contributed by atoms with Crippen LogP contribution >= 0.6 is 0 Å². The molecule has 1 saturated heterocycles. The number of nitrogens with one attached hydrogen (secondary N) is 2. The summed E-state index contributed by atoms with van der Waals surface area (Å²) < 4.78 is 0. The van der Waals surface area contributed by atoms with Gasteiger partial charge in [0.2, 0.25) is 0 Å². The van der Waals surface area contributed by atoms with Gasteiger partial charge in [0.05, 0.1) is 0 Å². The summed E-state index contributed by atoms with van der Waals surface area (Å²) in [6, 6.07) is 1.26. The summed E-state index contributed by atoms with van der Waals surface area (Å²) >= 11 is 0. The van der Waals surface area contributed by atoms with Crippen LogP contribution in [0.4, 0.5) is 0 Å². The lowest BCUT2D eigenvalue weighted by atomic mass is 10.0. The first-order valence-electron chi connectivity index (χ1n) is 7.32. The van der Waals surface area contributed by atoms with E-state index in [9.17, 15) is 5.11 Å². The quantitative estimate of drug-likeness (QED) is 0.661. The molecule has 0 radical (unpaired) electrons. The highest BCUT2D eigenvalue weighted by Gasteiger charge is 2.41. The van der Waals surface area contributed by atoms with Gasteiger partial charge in [0.15, 0.2) is 0 Å². The molecule has 2 unspecified atom stereocenters. The fraction of sp³-hybridized carbons (Fsp3) is 1.00. The molecule has 1 saturated carbocycles. The van der Waals surface area contributed by atoms with Gasteiger partial charge in [-0.3, -0.25) is 0 Å². The molecule has 1 aliphatic heterocycles. The third kappa shape index (κ3) is 4.23. The van der Waals surface area contributed by atoms with Gasteiger partial charge in [-0.05, 0) is 45.6 Å². The van der Waals surface area contributed by atoms with Crippen molar-refractivity contribution in [2.45, 2.75) is 64.0 Å². The topological polar surface area (TPSA) is 44.3 Å². The maximum absolute atomic E-state index is 9.28. The third-order valence-electron chi connectivity index (χ3n) is 4.42. The minimum Gasteiger partial charge on any atom is -0.396 e. The normalized spacial score (nSPS) is 29.6. The summed E-state index contributed by atoms with van der Waals surface area (Å²) in [7, 11) is 0. The Kier molecular flexibility index (Phi) is 4.83. The fourth-order valence-corrected chi connectivity index (χ4v) is 2.77. The Balaban J connectivity index is 1.64. The molecular weight excluding hydrogens is 212 g/mol. The molecule has 2 atom stereocenters. The summed E-state index contributed by atoms with van der Waals surface area (Å²) in [6.07, 6.45) is 9.06. The minimum atomic E-state index is 0.241. The predicted molar refractivity (Wildman–Crippen MR) is 71.1 cm³/mol. The first-order chi connectivity index (χ1) is 8.24. The molecule has 1 aliphatic carbocycles. The van der Waals surface area contributed by atoms with Crippen LogP contribution in [0.1, 0.15) is 51.9 Å². The van der Waals surface area contributed by atoms with Gasteiger partial charge in [-0.2, -0.15) is 0 Å². The van der Waals surface area contributed by atoms with E-state index in [1.165, 1.54) is 51.5 Å². The molecule has 0 amide bonds. The van der Waals surface area contributed by atoms with Gasteiger partial charge in [-0.25, -0.2) is 0 Å². The van der Waals surface area contributed by atoms with Gasteiger partial charge in [-0.1, -0.05) is 12.8 Å². The number of aliphatic hydroxyl groups excluding tert-OH is 1. The van der Waals surface area contributed by atoms with Crippen molar-refractivity contribution in [2.75, 3.05) is 19.7 Å². The molecule has 3 N–H and O–H groups in total. The molecule has 3 heteroatoms. The Bertz CT molecular complexity index is 220. The average molecular weight is 240 g/mol. The second-order valence-corrected chi connectivity index (χ2v) is 6.18. The number of hydrogen-bond acceptors (Lipinski definition) is 3. The Morgan fingerprint density at radius 3 is 2.88 bits per heavy atom. The monoisotopic (exact) mass is 240 g/mol. The van der Waals surface area contributed by atoms with Crippen LogP contribution in [0.5, 0.6) is 0 Å². The fourth-order valence-electron chi connectivity index (χ4n) is 2.77. The van der Waals surface area contributed by atoms with Crippen LogP contribution in [0.15, 0.2) is 0 Å². The smallest absolute Gasteiger partial charge is 0.0499 e. The van der Waals surface area contributed by atoms with E-state index in [0.717, 1.165) is 6.54 Å². The van der Waals surface area contributed by atoms with E-state index in [1.54, 1.807) is 0 Å². The summed E-state index contributed by atoms with van der Waals surface area (Å²) in [5, 5.41) is 16.5. The van der Waals surface area contributed by atoms with E-state index in [-0.39, 0.29) is 5.41 Å². The van der Waals surface area contributed by atoms with Gasteiger partial charge in [0, 0.05) is 30.7 Å². The largest absolute Gasteiger partial charge is 0.396 e. The SMILES string of the molecule is CC(CC1CCCCCN1)NCC1(CO)CC1. The standard InChI is InChI=1S/C14H28N2O/c1-12(16-10-14(11-17)6-7-14)9-13-5-3-2-4-8-15-13/h12-13,15-17H,2-11H2,1H3. The first-order valence-corrected chi connectivity index (χ1v) is 7.32. The molecule has 0 aromatic carbocycles. The molecule has 0 aromatic rings. The van der Waals surface area contributed by atoms with Gasteiger partial charge < -0.3 is 15.7 Å². The van der Waals surface area contributed by atoms with E-state index in [0.29, 0.717) is 18.7 Å². The molecule has 2 fully saturated rings. The van der Waals surface area contributed by atoms with Crippen molar-refractivity contribution in [3.05, 3.63) is 0 Å². The van der Waals surface area contributed by atoms with Crippen molar-refractivity contribution < 1.29 is 5.11 Å². The maximum Gasteiger partial charge on any atom is 0.0499 e. The van der Waals surface area contributed by atoms with Crippen LogP contribution < -0.4 is 10.6 Å². The first kappa shape index (κ1) is 13.3. The molecule has 100 valence electrons. The molecular formula is C14H28N2O. The van der Waals surface area contributed by atoms with Crippen LogP contribution in [-0.4, -0.2) is 36.9 Å². The Morgan fingerprint density at radius 1 is 1.35 bits per heavy atom. The Labute approximate surface area is 105 Å². The van der Waals surface area contributed by atoms with Crippen LogP contribution in [0.3, 0.4) is 0 Å². The molecule has 17 heavy (non-hydrogen) atoms. The third-order valence-corrected chi connectivity index (χ3v) is 4.42. The molecule has 0 bridgehead atoms.